The fraction of sp³-hybridized carbons (Fsp3) is 0.556. The second kappa shape index (κ2) is 21.3. The first-order valence-electron chi connectivity index (χ1n) is 25.3. The van der Waals surface area contributed by atoms with Crippen LogP contribution in [0.15, 0.2) is 61.3 Å². The first-order chi connectivity index (χ1) is 33.5. The van der Waals surface area contributed by atoms with Crippen molar-refractivity contribution in [3.05, 3.63) is 78.1 Å². The highest BCUT2D eigenvalue weighted by molar-refractivity contribution is 5.96. The van der Waals surface area contributed by atoms with Crippen LogP contribution < -0.4 is 16.1 Å². The Labute approximate surface area is 412 Å². The van der Waals surface area contributed by atoms with Crippen LogP contribution >= 0.6 is 0 Å². The van der Waals surface area contributed by atoms with E-state index < -0.39 is 47.2 Å². The number of carbonyl (C=O) groups is 5. The molecule has 6 bridgehead atoms. The van der Waals surface area contributed by atoms with Gasteiger partial charge >= 0.3 is 5.97 Å². The topological polar surface area (TPSA) is 172 Å². The van der Waals surface area contributed by atoms with Crippen molar-refractivity contribution >= 4 is 40.5 Å². The number of aryl methyl sites for hydroxylation is 1. The van der Waals surface area contributed by atoms with Crippen LogP contribution in [0.25, 0.3) is 33.3 Å². The molecule has 6 heterocycles. The van der Waals surface area contributed by atoms with Crippen molar-refractivity contribution in [1.82, 2.24) is 45.2 Å². The molecule has 0 radical (unpaired) electrons. The van der Waals surface area contributed by atoms with Crippen molar-refractivity contribution < 1.29 is 33.4 Å². The number of cyclic esters (lactones) is 1. The monoisotopic (exact) mass is 960 g/mol. The lowest BCUT2D eigenvalue weighted by Crippen LogP contribution is -2.62. The molecule has 4 aromatic rings. The molecule has 4 aliphatic heterocycles. The molecule has 5 atom stereocenters. The molecular formula is C54H73N9O7. The summed E-state index contributed by atoms with van der Waals surface area (Å²) >= 11 is 0. The van der Waals surface area contributed by atoms with Crippen molar-refractivity contribution in [1.29, 1.82) is 0 Å². The summed E-state index contributed by atoms with van der Waals surface area (Å²) in [5.74, 6) is -2.55. The molecule has 16 heteroatoms. The van der Waals surface area contributed by atoms with Gasteiger partial charge in [0.1, 0.15) is 18.1 Å². The summed E-state index contributed by atoms with van der Waals surface area (Å²) in [5, 5.41) is 14.2. The minimum absolute atomic E-state index is 0.137. The van der Waals surface area contributed by atoms with Gasteiger partial charge in [-0.1, -0.05) is 64.6 Å². The Bertz CT molecular complexity index is 2610. The van der Waals surface area contributed by atoms with Crippen molar-refractivity contribution in [2.75, 3.05) is 53.5 Å². The van der Waals surface area contributed by atoms with Gasteiger partial charge < -0.3 is 34.5 Å². The number of fused-ring (bicyclic) bond motifs is 6. The summed E-state index contributed by atoms with van der Waals surface area (Å²) in [7, 11) is 3.36. The fourth-order valence-corrected chi connectivity index (χ4v) is 11.2. The van der Waals surface area contributed by atoms with E-state index in [-0.39, 0.29) is 49.5 Å². The van der Waals surface area contributed by atoms with E-state index in [1.54, 1.807) is 19.1 Å². The quantitative estimate of drug-likeness (QED) is 0.120. The molecule has 0 unspecified atom stereocenters. The zero-order valence-corrected chi connectivity index (χ0v) is 42.4. The summed E-state index contributed by atoms with van der Waals surface area (Å²) in [6.45, 7) is 19.5. The molecular weight excluding hydrogens is 887 g/mol. The van der Waals surface area contributed by atoms with Gasteiger partial charge in [-0.3, -0.25) is 33.7 Å². The zero-order valence-electron chi connectivity index (χ0n) is 42.4. The predicted molar refractivity (Wildman–Crippen MR) is 269 cm³/mol. The number of hydrogen-bond donors (Lipinski definition) is 3. The largest absolute Gasteiger partial charge is 0.464 e. The van der Waals surface area contributed by atoms with Crippen molar-refractivity contribution in [2.45, 2.75) is 123 Å². The van der Waals surface area contributed by atoms with Gasteiger partial charge in [0, 0.05) is 68.6 Å². The highest BCUT2D eigenvalue weighted by Crippen LogP contribution is 2.43. The number of benzene rings is 2. The third-order valence-electron chi connectivity index (χ3n) is 15.0. The minimum atomic E-state index is -1.05. The number of amides is 4. The molecule has 70 heavy (non-hydrogen) atoms. The Morgan fingerprint density at radius 3 is 2.51 bits per heavy atom. The smallest absolute Gasteiger partial charge is 0.324 e. The molecule has 3 N–H and O–H groups in total. The molecule has 3 fully saturated rings. The highest BCUT2D eigenvalue weighted by Gasteiger charge is 2.40. The predicted octanol–water partition coefficient (Wildman–Crippen LogP) is 5.99. The maximum Gasteiger partial charge on any atom is 0.324 e. The van der Waals surface area contributed by atoms with Crippen molar-refractivity contribution in [3.8, 4) is 22.4 Å². The lowest BCUT2D eigenvalue weighted by atomic mass is 9.84. The van der Waals surface area contributed by atoms with E-state index in [2.05, 4.69) is 89.9 Å². The highest BCUT2D eigenvalue weighted by atomic mass is 16.5. The number of hydrazine groups is 1. The number of nitrogens with zero attached hydrogens (tertiary/aromatic N) is 6. The summed E-state index contributed by atoms with van der Waals surface area (Å²) in [6, 6.07) is 12.2. The number of likely N-dealkylation sites (N-methyl/N-ethyl adjacent to an activating group) is 1. The second-order valence-electron chi connectivity index (χ2n) is 20.9. The van der Waals surface area contributed by atoms with E-state index in [1.165, 1.54) is 16.0 Å². The van der Waals surface area contributed by atoms with E-state index in [9.17, 15) is 24.0 Å². The van der Waals surface area contributed by atoms with Gasteiger partial charge in [-0.25, -0.2) is 5.43 Å². The summed E-state index contributed by atoms with van der Waals surface area (Å²) in [6.07, 6.45) is 7.22. The minimum Gasteiger partial charge on any atom is -0.464 e. The Morgan fingerprint density at radius 2 is 1.80 bits per heavy atom. The molecule has 2 aromatic carbocycles. The number of esters is 1. The number of piperidine rings is 1. The number of aromatic nitrogens is 3. The SMILES string of the molecule is C=CC(=O)N1CC[C@H](C(=O)N(C)[C@H](C(=O)N[C@H]2Cc3cccc(c3)-c3ccc4c(c3)c(c(-c3cnn(C5CCNCC5)c3[C@H](C)OC)n4CC)CC(C)(C)COC(=O)[C@@H]3CCCN(N3)C2=O)C(C)C)C1. The van der Waals surface area contributed by atoms with E-state index in [0.717, 1.165) is 76.0 Å². The number of methoxy groups -OCH3 is 1. The summed E-state index contributed by atoms with van der Waals surface area (Å²) in [4.78, 5) is 72.8. The van der Waals surface area contributed by atoms with Gasteiger partial charge in [0.2, 0.25) is 17.7 Å². The van der Waals surface area contributed by atoms with Crippen LogP contribution in [0.1, 0.15) is 103 Å². The molecule has 0 aliphatic carbocycles. The van der Waals surface area contributed by atoms with Crippen LogP contribution in [-0.2, 0) is 52.8 Å². The Hall–Kier alpha value is -5.84. The molecule has 8 rings (SSSR count). The standard InChI is InChI=1S/C54H73N9O7/c1-10-46(64)60-25-21-38(31-60)51(66)59(8)47(33(3)4)50(65)57-44-27-35-14-12-15-36(26-35)37-17-18-45-40(28-37)41(29-54(6,7)32-70-53(68)43-16-13-24-62(58-43)52(44)67)49(61(45)11-2)42-30-56-63(48(42)34(5)69-9)39-19-22-55-23-20-39/h10,12,14-15,17-18,26,28,30,33-34,38-39,43-44,47,55,58H,1,11,13,16,19-25,27,29,31-32H2,2-9H3,(H,57,65)/t34-,38-,43-,44-,47-/m0/s1. The molecule has 4 aliphatic rings. The number of carbonyl (C=O) groups excluding carboxylic acids is 5. The van der Waals surface area contributed by atoms with E-state index in [0.29, 0.717) is 45.3 Å². The Kier molecular flexibility index (Phi) is 15.3. The van der Waals surface area contributed by atoms with E-state index in [4.69, 9.17) is 14.6 Å². The first-order valence-corrected chi connectivity index (χ1v) is 25.3. The third kappa shape index (κ3) is 10.3. The van der Waals surface area contributed by atoms with Crippen LogP contribution in [0.4, 0.5) is 0 Å². The van der Waals surface area contributed by atoms with E-state index in [1.807, 2.05) is 32.2 Å². The zero-order chi connectivity index (χ0) is 50.0. The average molecular weight is 960 g/mol. The second-order valence-corrected chi connectivity index (χ2v) is 20.9. The van der Waals surface area contributed by atoms with Gasteiger partial charge in [0.15, 0.2) is 0 Å². The van der Waals surface area contributed by atoms with Crippen molar-refractivity contribution in [3.63, 3.8) is 0 Å². The maximum atomic E-state index is 14.8. The normalized spacial score (nSPS) is 22.1. The average Bonchev–Trinajstić information content (AvgIpc) is 4.11. The van der Waals surface area contributed by atoms with Crippen LogP contribution in [0, 0.1) is 17.3 Å². The molecule has 0 spiro atoms. The van der Waals surface area contributed by atoms with Crippen LogP contribution in [-0.4, -0.2) is 130 Å². The van der Waals surface area contributed by atoms with Gasteiger partial charge in [0.05, 0.1) is 42.3 Å². The molecule has 376 valence electrons. The Balaban J connectivity index is 1.19. The third-order valence-corrected chi connectivity index (χ3v) is 15.0. The van der Waals surface area contributed by atoms with Crippen LogP contribution in [0.3, 0.4) is 0 Å². The number of likely N-dealkylation sites (tertiary alicyclic amines) is 1. The molecule has 16 nitrogen and oxygen atoms in total. The van der Waals surface area contributed by atoms with Crippen molar-refractivity contribution in [2.24, 2.45) is 17.3 Å². The number of hydrogen-bond acceptors (Lipinski definition) is 10. The number of nitrogens with one attached hydrogen (secondary N) is 3. The Morgan fingerprint density at radius 1 is 1.04 bits per heavy atom. The summed E-state index contributed by atoms with van der Waals surface area (Å²) < 4.78 is 16.9. The summed E-state index contributed by atoms with van der Waals surface area (Å²) in [5.41, 5.74) is 10.8. The van der Waals surface area contributed by atoms with Gasteiger partial charge in [0.25, 0.3) is 5.91 Å². The number of rotatable bonds is 11. The van der Waals surface area contributed by atoms with Gasteiger partial charge in [-0.05, 0) is 112 Å². The van der Waals surface area contributed by atoms with Crippen LogP contribution in [0.2, 0.25) is 0 Å². The molecule has 3 saturated heterocycles. The first kappa shape index (κ1) is 50.5. The lowest BCUT2D eigenvalue weighted by Gasteiger charge is -2.37. The fourth-order valence-electron chi connectivity index (χ4n) is 11.2. The molecule has 0 saturated carbocycles. The molecule has 4 amide bonds. The van der Waals surface area contributed by atoms with Gasteiger partial charge in [-0.2, -0.15) is 5.10 Å². The van der Waals surface area contributed by atoms with Crippen LogP contribution in [0.5, 0.6) is 0 Å². The van der Waals surface area contributed by atoms with E-state index >= 15 is 0 Å². The molecule has 2 aromatic heterocycles. The lowest BCUT2D eigenvalue weighted by molar-refractivity contribution is -0.155. The maximum absolute atomic E-state index is 14.8. The number of ether oxygens (including phenoxy) is 2. The van der Waals surface area contributed by atoms with Gasteiger partial charge in [-0.15, -0.1) is 0 Å².